The molecule has 1 fully saturated rings. The second kappa shape index (κ2) is 7.46. The first-order valence-corrected chi connectivity index (χ1v) is 7.67. The van der Waals surface area contributed by atoms with E-state index in [1.807, 2.05) is 18.2 Å². The molecule has 0 aliphatic heterocycles. The molecular weight excluding hydrogens is 266 g/mol. The second-order valence-corrected chi connectivity index (χ2v) is 6.04. The zero-order valence-electron chi connectivity index (χ0n) is 12.7. The molecule has 2 N–H and O–H groups in total. The maximum Gasteiger partial charge on any atom is 0.303 e. The van der Waals surface area contributed by atoms with Crippen LogP contribution >= 0.6 is 0 Å². The van der Waals surface area contributed by atoms with Crippen molar-refractivity contribution in [1.29, 1.82) is 0 Å². The number of anilines is 1. The summed E-state index contributed by atoms with van der Waals surface area (Å²) in [6, 6.07) is 8.08. The first-order chi connectivity index (χ1) is 10.1. The fraction of sp³-hybridized carbons (Fsp3) is 0.588. The van der Waals surface area contributed by atoms with E-state index in [4.69, 9.17) is 9.84 Å². The van der Waals surface area contributed by atoms with Gasteiger partial charge in [0, 0.05) is 32.4 Å². The average Bonchev–Trinajstić information content (AvgIpc) is 2.44. The van der Waals surface area contributed by atoms with Crippen LogP contribution in [-0.4, -0.2) is 31.3 Å². The van der Waals surface area contributed by atoms with Crippen molar-refractivity contribution in [3.05, 3.63) is 29.8 Å². The van der Waals surface area contributed by atoms with Gasteiger partial charge in [-0.2, -0.15) is 0 Å². The molecule has 0 amide bonds. The van der Waals surface area contributed by atoms with Gasteiger partial charge in [-0.25, -0.2) is 0 Å². The number of carboxylic acids is 1. The van der Waals surface area contributed by atoms with Crippen LogP contribution < -0.4 is 5.32 Å². The maximum atomic E-state index is 10.6. The standard InChI is InChI=1S/C17H25NO3/c1-21-11-10-17(8-3-9-17)13-18-15-5-2-4-14(12-15)6-7-16(19)20/h2,4-5,12,18H,3,6-11,13H2,1H3,(H,19,20). The van der Waals surface area contributed by atoms with Crippen LogP contribution in [0.2, 0.25) is 0 Å². The minimum atomic E-state index is -0.749. The maximum absolute atomic E-state index is 10.6. The molecule has 0 unspecified atom stereocenters. The Labute approximate surface area is 126 Å². The van der Waals surface area contributed by atoms with Crippen LogP contribution in [0.1, 0.15) is 37.7 Å². The van der Waals surface area contributed by atoms with Crippen LogP contribution in [0.3, 0.4) is 0 Å². The smallest absolute Gasteiger partial charge is 0.303 e. The van der Waals surface area contributed by atoms with E-state index in [2.05, 4.69) is 11.4 Å². The van der Waals surface area contributed by atoms with Crippen LogP contribution in [-0.2, 0) is 16.0 Å². The molecule has 1 aromatic rings. The van der Waals surface area contributed by atoms with E-state index in [1.54, 1.807) is 7.11 Å². The third-order valence-corrected chi connectivity index (χ3v) is 4.47. The lowest BCUT2D eigenvalue weighted by Crippen LogP contribution is -2.37. The van der Waals surface area contributed by atoms with Crippen molar-refractivity contribution in [2.75, 3.05) is 25.6 Å². The first kappa shape index (κ1) is 15.8. The number of carboxylic acid groups (broad SMARTS) is 1. The number of nitrogens with one attached hydrogen (secondary N) is 1. The SMILES string of the molecule is COCCC1(CNc2cccc(CCC(=O)O)c2)CCC1. The van der Waals surface area contributed by atoms with E-state index in [9.17, 15) is 4.79 Å². The van der Waals surface area contributed by atoms with Crippen molar-refractivity contribution in [1.82, 2.24) is 0 Å². The van der Waals surface area contributed by atoms with E-state index >= 15 is 0 Å². The Bertz CT molecular complexity index is 469. The highest BCUT2D eigenvalue weighted by Gasteiger charge is 2.36. The Balaban J connectivity index is 1.87. The molecule has 1 aliphatic carbocycles. The van der Waals surface area contributed by atoms with Gasteiger partial charge in [-0.15, -0.1) is 0 Å². The summed E-state index contributed by atoms with van der Waals surface area (Å²) >= 11 is 0. The topological polar surface area (TPSA) is 58.6 Å². The molecule has 1 saturated carbocycles. The predicted molar refractivity (Wildman–Crippen MR) is 83.7 cm³/mol. The molecule has 116 valence electrons. The van der Waals surface area contributed by atoms with Crippen LogP contribution in [0.15, 0.2) is 24.3 Å². The molecule has 2 rings (SSSR count). The fourth-order valence-corrected chi connectivity index (χ4v) is 2.89. The normalized spacial score (nSPS) is 16.2. The van der Waals surface area contributed by atoms with Crippen LogP contribution in [0.25, 0.3) is 0 Å². The summed E-state index contributed by atoms with van der Waals surface area (Å²) in [7, 11) is 1.76. The van der Waals surface area contributed by atoms with Crippen molar-refractivity contribution in [2.24, 2.45) is 5.41 Å². The lowest BCUT2D eigenvalue weighted by Gasteiger charge is -2.42. The first-order valence-electron chi connectivity index (χ1n) is 7.67. The fourth-order valence-electron chi connectivity index (χ4n) is 2.89. The number of hydrogen-bond acceptors (Lipinski definition) is 3. The van der Waals surface area contributed by atoms with Crippen molar-refractivity contribution >= 4 is 11.7 Å². The number of methoxy groups -OCH3 is 1. The number of aryl methyl sites for hydroxylation is 1. The zero-order valence-corrected chi connectivity index (χ0v) is 12.7. The van der Waals surface area contributed by atoms with Crippen LogP contribution in [0.4, 0.5) is 5.69 Å². The molecule has 4 heteroatoms. The highest BCUT2D eigenvalue weighted by molar-refractivity contribution is 5.67. The highest BCUT2D eigenvalue weighted by Crippen LogP contribution is 2.43. The summed E-state index contributed by atoms with van der Waals surface area (Å²) in [5.41, 5.74) is 2.54. The largest absolute Gasteiger partial charge is 0.481 e. The predicted octanol–water partition coefficient (Wildman–Crippen LogP) is 3.32. The van der Waals surface area contributed by atoms with Gasteiger partial charge in [0.15, 0.2) is 0 Å². The monoisotopic (exact) mass is 291 g/mol. The van der Waals surface area contributed by atoms with E-state index in [0.717, 1.165) is 30.8 Å². The van der Waals surface area contributed by atoms with Crippen molar-refractivity contribution in [2.45, 2.75) is 38.5 Å². The Kier molecular flexibility index (Phi) is 5.62. The number of ether oxygens (including phenoxy) is 1. The summed E-state index contributed by atoms with van der Waals surface area (Å²) in [4.78, 5) is 10.6. The minimum absolute atomic E-state index is 0.182. The molecule has 1 aliphatic rings. The lowest BCUT2D eigenvalue weighted by molar-refractivity contribution is -0.136. The number of rotatable bonds is 9. The molecule has 0 heterocycles. The molecule has 0 bridgehead atoms. The Hall–Kier alpha value is -1.55. The lowest BCUT2D eigenvalue weighted by atomic mass is 9.66. The van der Waals surface area contributed by atoms with E-state index < -0.39 is 5.97 Å². The number of hydrogen-bond donors (Lipinski definition) is 2. The van der Waals surface area contributed by atoms with E-state index in [-0.39, 0.29) is 6.42 Å². The van der Waals surface area contributed by atoms with Gasteiger partial charge >= 0.3 is 5.97 Å². The molecule has 21 heavy (non-hydrogen) atoms. The number of aliphatic carboxylic acids is 1. The van der Waals surface area contributed by atoms with Crippen LogP contribution in [0.5, 0.6) is 0 Å². The van der Waals surface area contributed by atoms with Gasteiger partial charge in [-0.3, -0.25) is 4.79 Å². The molecule has 0 saturated heterocycles. The number of carbonyl (C=O) groups is 1. The molecule has 0 radical (unpaired) electrons. The van der Waals surface area contributed by atoms with Gasteiger partial charge in [0.2, 0.25) is 0 Å². The molecule has 0 atom stereocenters. The van der Waals surface area contributed by atoms with Crippen LogP contribution in [0, 0.1) is 5.41 Å². The van der Waals surface area contributed by atoms with Gasteiger partial charge in [-0.1, -0.05) is 18.6 Å². The average molecular weight is 291 g/mol. The van der Waals surface area contributed by atoms with Gasteiger partial charge in [0.1, 0.15) is 0 Å². The highest BCUT2D eigenvalue weighted by atomic mass is 16.5. The number of benzene rings is 1. The summed E-state index contributed by atoms with van der Waals surface area (Å²) in [6.45, 7) is 1.79. The summed E-state index contributed by atoms with van der Waals surface area (Å²) < 4.78 is 5.22. The Morgan fingerprint density at radius 2 is 2.24 bits per heavy atom. The molecule has 0 spiro atoms. The third kappa shape index (κ3) is 4.74. The molecule has 0 aromatic heterocycles. The van der Waals surface area contributed by atoms with Gasteiger partial charge in [0.25, 0.3) is 0 Å². The van der Waals surface area contributed by atoms with Gasteiger partial charge in [-0.05, 0) is 48.8 Å². The summed E-state index contributed by atoms with van der Waals surface area (Å²) in [5.74, 6) is -0.749. The summed E-state index contributed by atoms with van der Waals surface area (Å²) in [5, 5.41) is 12.3. The summed E-state index contributed by atoms with van der Waals surface area (Å²) in [6.07, 6.45) is 5.71. The quantitative estimate of drug-likeness (QED) is 0.733. The van der Waals surface area contributed by atoms with Crippen molar-refractivity contribution in [3.8, 4) is 0 Å². The minimum Gasteiger partial charge on any atom is -0.481 e. The van der Waals surface area contributed by atoms with Gasteiger partial charge < -0.3 is 15.2 Å². The van der Waals surface area contributed by atoms with Gasteiger partial charge in [0.05, 0.1) is 0 Å². The third-order valence-electron chi connectivity index (χ3n) is 4.47. The molecule has 4 nitrogen and oxygen atoms in total. The second-order valence-electron chi connectivity index (χ2n) is 6.04. The Morgan fingerprint density at radius 1 is 1.43 bits per heavy atom. The van der Waals surface area contributed by atoms with Crippen molar-refractivity contribution < 1.29 is 14.6 Å². The van der Waals surface area contributed by atoms with E-state index in [0.29, 0.717) is 11.8 Å². The molecule has 1 aromatic carbocycles. The van der Waals surface area contributed by atoms with Crippen molar-refractivity contribution in [3.63, 3.8) is 0 Å². The van der Waals surface area contributed by atoms with E-state index in [1.165, 1.54) is 19.3 Å². The Morgan fingerprint density at radius 3 is 2.86 bits per heavy atom. The molecular formula is C17H25NO3. The zero-order chi connectivity index (χ0) is 15.1.